The monoisotopic (exact) mass is 214 g/mol. The highest BCUT2D eigenvalue weighted by atomic mass is 16.5. The molecule has 0 aliphatic carbocycles. The molecule has 1 aliphatic rings. The van der Waals surface area contributed by atoms with Crippen molar-refractivity contribution in [3.63, 3.8) is 0 Å². The summed E-state index contributed by atoms with van der Waals surface area (Å²) in [6.45, 7) is 7.30. The summed E-state index contributed by atoms with van der Waals surface area (Å²) in [6, 6.07) is 0. The second-order valence-corrected chi connectivity index (χ2v) is 4.95. The zero-order valence-corrected chi connectivity index (χ0v) is 9.71. The minimum Gasteiger partial charge on any atom is -0.381 e. The van der Waals surface area contributed by atoms with Crippen LogP contribution in [0.15, 0.2) is 0 Å². The van der Waals surface area contributed by atoms with Crippen molar-refractivity contribution in [2.24, 2.45) is 17.1 Å². The van der Waals surface area contributed by atoms with Crippen molar-refractivity contribution >= 4 is 5.91 Å². The SMILES string of the molecule is CC(C)(CNCC(N)=O)C1CCOCC1. The molecule has 0 saturated carbocycles. The molecule has 0 atom stereocenters. The van der Waals surface area contributed by atoms with E-state index in [0.29, 0.717) is 5.92 Å². The maximum absolute atomic E-state index is 10.6. The molecule has 0 unspecified atom stereocenters. The van der Waals surface area contributed by atoms with Crippen LogP contribution in [0.3, 0.4) is 0 Å². The second kappa shape index (κ2) is 5.47. The Kier molecular flexibility index (Phi) is 4.54. The molecule has 88 valence electrons. The van der Waals surface area contributed by atoms with E-state index in [-0.39, 0.29) is 17.9 Å². The van der Waals surface area contributed by atoms with Crippen molar-refractivity contribution in [2.75, 3.05) is 26.3 Å². The minimum atomic E-state index is -0.294. The molecule has 1 fully saturated rings. The summed E-state index contributed by atoms with van der Waals surface area (Å²) < 4.78 is 5.34. The van der Waals surface area contributed by atoms with E-state index in [2.05, 4.69) is 19.2 Å². The third kappa shape index (κ3) is 4.18. The number of amides is 1. The van der Waals surface area contributed by atoms with Crippen LogP contribution in [0.2, 0.25) is 0 Å². The van der Waals surface area contributed by atoms with Crippen LogP contribution in [0.4, 0.5) is 0 Å². The second-order valence-electron chi connectivity index (χ2n) is 4.95. The molecule has 15 heavy (non-hydrogen) atoms. The van der Waals surface area contributed by atoms with Crippen LogP contribution in [0.5, 0.6) is 0 Å². The molecule has 0 aromatic rings. The van der Waals surface area contributed by atoms with Gasteiger partial charge in [-0.3, -0.25) is 4.79 Å². The Bertz CT molecular complexity index is 211. The van der Waals surface area contributed by atoms with Gasteiger partial charge >= 0.3 is 0 Å². The number of primary amides is 1. The molecule has 4 heteroatoms. The Morgan fingerprint density at radius 2 is 2.07 bits per heavy atom. The maximum atomic E-state index is 10.6. The number of hydrogen-bond donors (Lipinski definition) is 2. The number of nitrogens with two attached hydrogens (primary N) is 1. The van der Waals surface area contributed by atoms with Crippen LogP contribution >= 0.6 is 0 Å². The average Bonchev–Trinajstić information content (AvgIpc) is 2.18. The van der Waals surface area contributed by atoms with E-state index >= 15 is 0 Å². The Hall–Kier alpha value is -0.610. The number of nitrogens with one attached hydrogen (secondary N) is 1. The smallest absolute Gasteiger partial charge is 0.231 e. The molecule has 0 spiro atoms. The third-order valence-corrected chi connectivity index (χ3v) is 3.21. The maximum Gasteiger partial charge on any atom is 0.231 e. The molecule has 1 heterocycles. The van der Waals surface area contributed by atoms with Crippen LogP contribution in [0, 0.1) is 11.3 Å². The first-order valence-corrected chi connectivity index (χ1v) is 5.59. The summed E-state index contributed by atoms with van der Waals surface area (Å²) >= 11 is 0. The van der Waals surface area contributed by atoms with Gasteiger partial charge in [-0.25, -0.2) is 0 Å². The summed E-state index contributed by atoms with van der Waals surface area (Å²) in [5.74, 6) is 0.379. The fourth-order valence-corrected chi connectivity index (χ4v) is 2.13. The van der Waals surface area contributed by atoms with E-state index in [0.717, 1.165) is 32.6 Å². The highest BCUT2D eigenvalue weighted by molar-refractivity contribution is 5.75. The van der Waals surface area contributed by atoms with Gasteiger partial charge in [0, 0.05) is 19.8 Å². The van der Waals surface area contributed by atoms with Gasteiger partial charge in [-0.1, -0.05) is 13.8 Å². The summed E-state index contributed by atoms with van der Waals surface area (Å²) in [4.78, 5) is 10.6. The van der Waals surface area contributed by atoms with Crippen LogP contribution in [-0.2, 0) is 9.53 Å². The molecule has 0 radical (unpaired) electrons. The lowest BCUT2D eigenvalue weighted by Crippen LogP contribution is -2.41. The van der Waals surface area contributed by atoms with E-state index in [9.17, 15) is 4.79 Å². The largest absolute Gasteiger partial charge is 0.381 e. The highest BCUT2D eigenvalue weighted by Gasteiger charge is 2.30. The molecule has 1 amide bonds. The van der Waals surface area contributed by atoms with Gasteiger partial charge in [0.05, 0.1) is 6.54 Å². The number of carbonyl (C=O) groups excluding carboxylic acids is 1. The minimum absolute atomic E-state index is 0.208. The standard InChI is InChI=1S/C11H22N2O2/c1-11(2,8-13-7-10(12)14)9-3-5-15-6-4-9/h9,13H,3-8H2,1-2H3,(H2,12,14). The van der Waals surface area contributed by atoms with E-state index in [4.69, 9.17) is 10.5 Å². The summed E-state index contributed by atoms with van der Waals surface area (Å²) in [6.07, 6.45) is 2.23. The molecule has 0 aromatic heterocycles. The fourth-order valence-electron chi connectivity index (χ4n) is 2.13. The quantitative estimate of drug-likeness (QED) is 0.701. The zero-order valence-electron chi connectivity index (χ0n) is 9.71. The number of rotatable bonds is 5. The summed E-state index contributed by atoms with van der Waals surface area (Å²) in [5.41, 5.74) is 5.29. The van der Waals surface area contributed by atoms with Gasteiger partial charge in [-0.15, -0.1) is 0 Å². The van der Waals surface area contributed by atoms with Crippen LogP contribution in [0.1, 0.15) is 26.7 Å². The van der Waals surface area contributed by atoms with Crippen molar-refractivity contribution in [3.05, 3.63) is 0 Å². The molecular weight excluding hydrogens is 192 g/mol. The lowest BCUT2D eigenvalue weighted by atomic mass is 9.74. The summed E-state index contributed by atoms with van der Waals surface area (Å²) in [5, 5.41) is 3.11. The van der Waals surface area contributed by atoms with Crippen LogP contribution in [-0.4, -0.2) is 32.2 Å². The van der Waals surface area contributed by atoms with Gasteiger partial charge in [0.1, 0.15) is 0 Å². The Labute approximate surface area is 91.5 Å². The topological polar surface area (TPSA) is 64.3 Å². The first-order chi connectivity index (χ1) is 7.02. The van der Waals surface area contributed by atoms with Crippen LogP contribution < -0.4 is 11.1 Å². The average molecular weight is 214 g/mol. The zero-order chi connectivity index (χ0) is 11.3. The van der Waals surface area contributed by atoms with Gasteiger partial charge in [0.15, 0.2) is 0 Å². The molecule has 1 aliphatic heterocycles. The predicted octanol–water partition coefficient (Wildman–Crippen LogP) is 0.514. The molecule has 1 rings (SSSR count). The molecule has 3 N–H and O–H groups in total. The Morgan fingerprint density at radius 1 is 1.47 bits per heavy atom. The Morgan fingerprint density at radius 3 is 2.60 bits per heavy atom. The fraction of sp³-hybridized carbons (Fsp3) is 0.909. The normalized spacial score (nSPS) is 19.1. The lowest BCUT2D eigenvalue weighted by Gasteiger charge is -2.37. The first-order valence-electron chi connectivity index (χ1n) is 5.59. The van der Waals surface area contributed by atoms with Crippen molar-refractivity contribution in [2.45, 2.75) is 26.7 Å². The number of hydrogen-bond acceptors (Lipinski definition) is 3. The van der Waals surface area contributed by atoms with E-state index < -0.39 is 0 Å². The Balaban J connectivity index is 2.32. The van der Waals surface area contributed by atoms with E-state index in [1.807, 2.05) is 0 Å². The highest BCUT2D eigenvalue weighted by Crippen LogP contribution is 2.33. The van der Waals surface area contributed by atoms with Crippen molar-refractivity contribution in [1.82, 2.24) is 5.32 Å². The van der Waals surface area contributed by atoms with E-state index in [1.54, 1.807) is 0 Å². The third-order valence-electron chi connectivity index (χ3n) is 3.21. The van der Waals surface area contributed by atoms with Gasteiger partial charge < -0.3 is 15.8 Å². The number of carbonyl (C=O) groups is 1. The van der Waals surface area contributed by atoms with Crippen molar-refractivity contribution in [1.29, 1.82) is 0 Å². The van der Waals surface area contributed by atoms with Crippen molar-refractivity contribution in [3.8, 4) is 0 Å². The van der Waals surface area contributed by atoms with Gasteiger partial charge in [-0.05, 0) is 24.2 Å². The first kappa shape index (κ1) is 12.5. The van der Waals surface area contributed by atoms with Crippen molar-refractivity contribution < 1.29 is 9.53 Å². The molecular formula is C11H22N2O2. The number of ether oxygens (including phenoxy) is 1. The van der Waals surface area contributed by atoms with Gasteiger partial charge in [0.2, 0.25) is 5.91 Å². The van der Waals surface area contributed by atoms with Gasteiger partial charge in [0.25, 0.3) is 0 Å². The lowest BCUT2D eigenvalue weighted by molar-refractivity contribution is -0.117. The molecule has 1 saturated heterocycles. The molecule has 0 bridgehead atoms. The predicted molar refractivity (Wildman–Crippen MR) is 59.4 cm³/mol. The van der Waals surface area contributed by atoms with Crippen LogP contribution in [0.25, 0.3) is 0 Å². The van der Waals surface area contributed by atoms with E-state index in [1.165, 1.54) is 0 Å². The molecule has 4 nitrogen and oxygen atoms in total. The van der Waals surface area contributed by atoms with Gasteiger partial charge in [-0.2, -0.15) is 0 Å². The summed E-state index contributed by atoms with van der Waals surface area (Å²) in [7, 11) is 0. The molecule has 0 aromatic carbocycles.